The van der Waals surface area contributed by atoms with Crippen LogP contribution in [0.15, 0.2) is 22.5 Å². The van der Waals surface area contributed by atoms with Gasteiger partial charge in [0.25, 0.3) is 5.91 Å². The molecule has 1 fully saturated rings. The zero-order chi connectivity index (χ0) is 20.8. The van der Waals surface area contributed by atoms with E-state index >= 15 is 0 Å². The van der Waals surface area contributed by atoms with Crippen molar-refractivity contribution in [3.63, 3.8) is 0 Å². The van der Waals surface area contributed by atoms with Gasteiger partial charge in [0, 0.05) is 44.9 Å². The Balaban J connectivity index is 1.58. The van der Waals surface area contributed by atoms with Gasteiger partial charge < -0.3 is 24.6 Å². The molecule has 0 unspecified atom stereocenters. The third kappa shape index (κ3) is 5.30. The van der Waals surface area contributed by atoms with Gasteiger partial charge in [-0.15, -0.1) is 10.2 Å². The third-order valence-electron chi connectivity index (χ3n) is 4.44. The number of rotatable bonds is 7. The Kier molecular flexibility index (Phi) is 7.15. The van der Waals surface area contributed by atoms with Crippen LogP contribution in [0.3, 0.4) is 0 Å². The number of ether oxygens (including phenoxy) is 2. The molecule has 1 saturated heterocycles. The number of piperazine rings is 1. The van der Waals surface area contributed by atoms with Crippen LogP contribution < -0.4 is 19.7 Å². The lowest BCUT2D eigenvalue weighted by Gasteiger charge is -2.34. The van der Waals surface area contributed by atoms with Gasteiger partial charge in [-0.1, -0.05) is 23.1 Å². The van der Waals surface area contributed by atoms with Crippen LogP contribution in [0.25, 0.3) is 0 Å². The summed E-state index contributed by atoms with van der Waals surface area (Å²) in [5.74, 6) is 1.38. The number of aromatic nitrogens is 2. The molecular formula is C18H23N5O4S2. The quantitative estimate of drug-likeness (QED) is 0.649. The molecule has 0 aliphatic carbocycles. The van der Waals surface area contributed by atoms with Gasteiger partial charge in [-0.2, -0.15) is 0 Å². The van der Waals surface area contributed by atoms with Crippen molar-refractivity contribution >= 4 is 40.0 Å². The van der Waals surface area contributed by atoms with E-state index in [0.717, 1.165) is 9.47 Å². The number of benzene rings is 1. The fraction of sp³-hybridized carbons (Fsp3) is 0.444. The lowest BCUT2D eigenvalue weighted by molar-refractivity contribution is -0.118. The predicted molar refractivity (Wildman–Crippen MR) is 112 cm³/mol. The molecule has 29 heavy (non-hydrogen) atoms. The van der Waals surface area contributed by atoms with Crippen LogP contribution in [0.1, 0.15) is 10.4 Å². The molecule has 2 heterocycles. The van der Waals surface area contributed by atoms with E-state index in [2.05, 4.69) is 20.4 Å². The van der Waals surface area contributed by atoms with E-state index < -0.39 is 0 Å². The number of carbonyl (C=O) groups excluding carboxylic acids is 2. The topological polar surface area (TPSA) is 96.9 Å². The van der Waals surface area contributed by atoms with E-state index in [0.29, 0.717) is 49.0 Å². The number of thioether (sulfide) groups is 1. The van der Waals surface area contributed by atoms with E-state index in [1.165, 1.54) is 23.1 Å². The first-order valence-electron chi connectivity index (χ1n) is 8.98. The van der Waals surface area contributed by atoms with Gasteiger partial charge in [-0.25, -0.2) is 0 Å². The first-order valence-corrected chi connectivity index (χ1v) is 10.8. The molecule has 0 saturated carbocycles. The number of nitrogens with zero attached hydrogens (tertiary/aromatic N) is 4. The summed E-state index contributed by atoms with van der Waals surface area (Å²) < 4.78 is 11.3. The van der Waals surface area contributed by atoms with E-state index in [9.17, 15) is 9.59 Å². The van der Waals surface area contributed by atoms with E-state index in [-0.39, 0.29) is 11.8 Å². The van der Waals surface area contributed by atoms with Gasteiger partial charge >= 0.3 is 0 Å². The monoisotopic (exact) mass is 437 g/mol. The molecule has 9 nitrogen and oxygen atoms in total. The fourth-order valence-electron chi connectivity index (χ4n) is 2.80. The summed E-state index contributed by atoms with van der Waals surface area (Å²) in [5, 5.41) is 11.7. The Morgan fingerprint density at radius 2 is 1.76 bits per heavy atom. The highest BCUT2D eigenvalue weighted by Gasteiger charge is 2.25. The van der Waals surface area contributed by atoms with Crippen molar-refractivity contribution in [2.45, 2.75) is 4.34 Å². The molecule has 11 heteroatoms. The number of carbonyl (C=O) groups is 2. The van der Waals surface area contributed by atoms with Gasteiger partial charge in [0.15, 0.2) is 4.34 Å². The first kappa shape index (κ1) is 21.2. The highest BCUT2D eigenvalue weighted by molar-refractivity contribution is 8.01. The van der Waals surface area contributed by atoms with Crippen molar-refractivity contribution in [1.29, 1.82) is 0 Å². The van der Waals surface area contributed by atoms with E-state index in [1.54, 1.807) is 39.5 Å². The van der Waals surface area contributed by atoms with E-state index in [4.69, 9.17) is 9.47 Å². The molecule has 0 bridgehead atoms. The minimum Gasteiger partial charge on any atom is -0.497 e. The number of hydrogen-bond acceptors (Lipinski definition) is 9. The smallest absolute Gasteiger partial charge is 0.254 e. The van der Waals surface area contributed by atoms with Crippen LogP contribution in [-0.4, -0.2) is 80.1 Å². The minimum atomic E-state index is -0.0547. The molecule has 0 spiro atoms. The summed E-state index contributed by atoms with van der Waals surface area (Å²) in [6, 6.07) is 5.18. The average Bonchev–Trinajstić information content (AvgIpc) is 3.25. The van der Waals surface area contributed by atoms with Crippen LogP contribution in [0.4, 0.5) is 5.13 Å². The van der Waals surface area contributed by atoms with Crippen molar-refractivity contribution in [3.05, 3.63) is 23.8 Å². The molecule has 0 radical (unpaired) electrons. The highest BCUT2D eigenvalue weighted by Crippen LogP contribution is 2.29. The Hall–Kier alpha value is -2.53. The Morgan fingerprint density at radius 3 is 2.34 bits per heavy atom. The summed E-state index contributed by atoms with van der Waals surface area (Å²) >= 11 is 2.82. The lowest BCUT2D eigenvalue weighted by Crippen LogP contribution is -2.48. The summed E-state index contributed by atoms with van der Waals surface area (Å²) in [6.07, 6.45) is 0. The second-order valence-corrected chi connectivity index (χ2v) is 8.37. The summed E-state index contributed by atoms with van der Waals surface area (Å²) in [6.45, 7) is 2.50. The van der Waals surface area contributed by atoms with Gasteiger partial charge in [-0.3, -0.25) is 9.59 Å². The van der Waals surface area contributed by atoms with Gasteiger partial charge in [0.1, 0.15) is 11.5 Å². The predicted octanol–water partition coefficient (Wildman–Crippen LogP) is 1.36. The molecule has 3 rings (SSSR count). The third-order valence-corrected chi connectivity index (χ3v) is 6.55. The zero-order valence-electron chi connectivity index (χ0n) is 16.5. The van der Waals surface area contributed by atoms with Crippen molar-refractivity contribution in [2.75, 3.05) is 58.1 Å². The Bertz CT molecular complexity index is 845. The lowest BCUT2D eigenvalue weighted by atomic mass is 10.1. The molecular weight excluding hydrogens is 414 g/mol. The molecule has 0 atom stereocenters. The van der Waals surface area contributed by atoms with Crippen molar-refractivity contribution < 1.29 is 19.1 Å². The van der Waals surface area contributed by atoms with Crippen LogP contribution in [-0.2, 0) is 4.79 Å². The number of methoxy groups -OCH3 is 2. The molecule has 2 amide bonds. The maximum Gasteiger partial charge on any atom is 0.254 e. The molecule has 1 aliphatic rings. The maximum atomic E-state index is 12.9. The molecule has 1 aliphatic heterocycles. The zero-order valence-corrected chi connectivity index (χ0v) is 18.1. The summed E-state index contributed by atoms with van der Waals surface area (Å²) in [4.78, 5) is 28.2. The van der Waals surface area contributed by atoms with Crippen LogP contribution in [0.5, 0.6) is 11.5 Å². The average molecular weight is 438 g/mol. The first-order chi connectivity index (χ1) is 14.0. The van der Waals surface area contributed by atoms with Gasteiger partial charge in [0.2, 0.25) is 11.0 Å². The van der Waals surface area contributed by atoms with Crippen molar-refractivity contribution in [2.24, 2.45) is 0 Å². The van der Waals surface area contributed by atoms with Crippen LogP contribution in [0, 0.1) is 0 Å². The normalized spacial score (nSPS) is 13.9. The molecule has 2 aromatic rings. The number of anilines is 1. The highest BCUT2D eigenvalue weighted by atomic mass is 32.2. The molecule has 156 valence electrons. The molecule has 1 aromatic carbocycles. The number of nitrogens with one attached hydrogen (secondary N) is 1. The molecule has 1 N–H and O–H groups in total. The van der Waals surface area contributed by atoms with Gasteiger partial charge in [-0.05, 0) is 12.1 Å². The van der Waals surface area contributed by atoms with Crippen LogP contribution >= 0.6 is 23.1 Å². The molecule has 1 aromatic heterocycles. The summed E-state index contributed by atoms with van der Waals surface area (Å²) in [7, 11) is 4.73. The Labute approximate surface area is 177 Å². The van der Waals surface area contributed by atoms with Crippen molar-refractivity contribution in [1.82, 2.24) is 20.4 Å². The van der Waals surface area contributed by atoms with Crippen LogP contribution in [0.2, 0.25) is 0 Å². The Morgan fingerprint density at radius 1 is 1.10 bits per heavy atom. The second kappa shape index (κ2) is 9.79. The van der Waals surface area contributed by atoms with E-state index in [1.807, 2.05) is 4.90 Å². The minimum absolute atomic E-state index is 0.0481. The fourth-order valence-corrected chi connectivity index (χ4v) is 4.57. The van der Waals surface area contributed by atoms with Crippen molar-refractivity contribution in [3.8, 4) is 11.5 Å². The number of amides is 2. The second-order valence-electron chi connectivity index (χ2n) is 6.19. The van der Waals surface area contributed by atoms with Gasteiger partial charge in [0.05, 0.1) is 20.0 Å². The SMILES string of the molecule is CNC(=O)CSc1nnc(N2CCN(C(=O)c3cc(OC)cc(OC)c3)CC2)s1. The largest absolute Gasteiger partial charge is 0.497 e. The number of hydrogen-bond donors (Lipinski definition) is 1. The maximum absolute atomic E-state index is 12.9. The summed E-state index contributed by atoms with van der Waals surface area (Å²) in [5.41, 5.74) is 0.540. The standard InChI is InChI=1S/C18H23N5O4S2/c1-19-15(24)11-28-18-21-20-17(29-18)23-6-4-22(5-7-23)16(25)12-8-13(26-2)10-14(9-12)27-3/h8-10H,4-7,11H2,1-3H3,(H,19,24).